The summed E-state index contributed by atoms with van der Waals surface area (Å²) in [5.74, 6) is 1.03. The van der Waals surface area contributed by atoms with Gasteiger partial charge in [0.15, 0.2) is 5.75 Å². The minimum absolute atomic E-state index is 0.0540. The molecule has 1 saturated carbocycles. The van der Waals surface area contributed by atoms with Crippen LogP contribution in [0.5, 0.6) is 11.6 Å². The molecule has 0 saturated heterocycles. The fourth-order valence-electron chi connectivity index (χ4n) is 5.00. The van der Waals surface area contributed by atoms with Gasteiger partial charge in [-0.15, -0.1) is 0 Å². The Morgan fingerprint density at radius 1 is 1.20 bits per heavy atom. The number of aromatic amines is 1. The van der Waals surface area contributed by atoms with Crippen LogP contribution < -0.4 is 20.1 Å². The summed E-state index contributed by atoms with van der Waals surface area (Å²) in [5, 5.41) is 16.2. The fourth-order valence-corrected chi connectivity index (χ4v) is 5.00. The van der Waals surface area contributed by atoms with Crippen LogP contribution in [-0.2, 0) is 13.6 Å². The van der Waals surface area contributed by atoms with Crippen LogP contribution in [0.3, 0.4) is 0 Å². The molecule has 4 aromatic rings. The standard InChI is InChI=1S/C25H30N6O4/c1-31-13-18(22-20(31)11-21(34-2)24(30-22)35-3)19-10-17-14(8-9-26-23(17)29-19)12-27-15-4-6-16(7-5-15)28-25(32)33/h8-11,13,15-16,27-28H,4-7,12H2,1-3H3,(H,26,29)(H,32,33). The fraction of sp³-hybridized carbons (Fsp3) is 0.400. The lowest BCUT2D eigenvalue weighted by atomic mass is 9.91. The number of aryl methyl sites for hydroxylation is 1. The molecule has 0 spiro atoms. The number of H-pyrrole nitrogens is 1. The molecule has 1 fully saturated rings. The quantitative estimate of drug-likeness (QED) is 0.318. The maximum absolute atomic E-state index is 10.9. The molecule has 1 amide bonds. The molecule has 0 bridgehead atoms. The second-order valence-corrected chi connectivity index (χ2v) is 9.02. The van der Waals surface area contributed by atoms with Gasteiger partial charge in [0, 0.05) is 55.1 Å². The summed E-state index contributed by atoms with van der Waals surface area (Å²) < 4.78 is 12.9. The predicted octanol–water partition coefficient (Wildman–Crippen LogP) is 3.80. The van der Waals surface area contributed by atoms with Gasteiger partial charge in [0.2, 0.25) is 0 Å². The van der Waals surface area contributed by atoms with Crippen LogP contribution >= 0.6 is 0 Å². The van der Waals surface area contributed by atoms with Gasteiger partial charge in [-0.2, -0.15) is 0 Å². The van der Waals surface area contributed by atoms with Gasteiger partial charge in [0.25, 0.3) is 5.88 Å². The molecule has 0 atom stereocenters. The first-order valence-electron chi connectivity index (χ1n) is 11.7. The van der Waals surface area contributed by atoms with E-state index in [-0.39, 0.29) is 6.04 Å². The highest BCUT2D eigenvalue weighted by Gasteiger charge is 2.22. The number of hydrogen-bond acceptors (Lipinski definition) is 6. The zero-order chi connectivity index (χ0) is 24.5. The Hall–Kier alpha value is -3.79. The molecule has 0 aliphatic heterocycles. The Morgan fingerprint density at radius 3 is 2.69 bits per heavy atom. The molecule has 4 aromatic heterocycles. The van der Waals surface area contributed by atoms with Gasteiger partial charge in [-0.3, -0.25) is 0 Å². The number of carboxylic acid groups (broad SMARTS) is 1. The third-order valence-corrected chi connectivity index (χ3v) is 6.85. The van der Waals surface area contributed by atoms with Crippen LogP contribution in [-0.4, -0.2) is 57.0 Å². The summed E-state index contributed by atoms with van der Waals surface area (Å²) in [6.45, 7) is 0.719. The molecule has 5 rings (SSSR count). The molecule has 184 valence electrons. The van der Waals surface area contributed by atoms with Crippen molar-refractivity contribution < 1.29 is 19.4 Å². The summed E-state index contributed by atoms with van der Waals surface area (Å²) in [6.07, 6.45) is 6.53. The lowest BCUT2D eigenvalue weighted by Gasteiger charge is -2.29. The number of ether oxygens (including phenoxy) is 2. The van der Waals surface area contributed by atoms with Crippen molar-refractivity contribution in [2.45, 2.75) is 44.3 Å². The number of amides is 1. The molecule has 4 heterocycles. The lowest BCUT2D eigenvalue weighted by molar-refractivity contribution is 0.183. The summed E-state index contributed by atoms with van der Waals surface area (Å²) in [6, 6.07) is 6.52. The monoisotopic (exact) mass is 478 g/mol. The van der Waals surface area contributed by atoms with Crippen LogP contribution in [0.2, 0.25) is 0 Å². The average Bonchev–Trinajstić information content (AvgIpc) is 3.43. The smallest absolute Gasteiger partial charge is 0.404 e. The summed E-state index contributed by atoms with van der Waals surface area (Å²) >= 11 is 0. The van der Waals surface area contributed by atoms with E-state index >= 15 is 0 Å². The predicted molar refractivity (Wildman–Crippen MR) is 133 cm³/mol. The van der Waals surface area contributed by atoms with Crippen LogP contribution in [0.4, 0.5) is 4.79 Å². The number of aromatic nitrogens is 4. The highest BCUT2D eigenvalue weighted by atomic mass is 16.5. The number of pyridine rings is 2. The Balaban J connectivity index is 1.39. The number of methoxy groups -OCH3 is 2. The van der Waals surface area contributed by atoms with Gasteiger partial charge >= 0.3 is 6.09 Å². The normalized spacial score (nSPS) is 18.1. The highest BCUT2D eigenvalue weighted by molar-refractivity contribution is 5.96. The van der Waals surface area contributed by atoms with E-state index < -0.39 is 6.09 Å². The Morgan fingerprint density at radius 2 is 1.97 bits per heavy atom. The maximum Gasteiger partial charge on any atom is 0.404 e. The van der Waals surface area contributed by atoms with Crippen molar-refractivity contribution in [1.29, 1.82) is 0 Å². The maximum atomic E-state index is 10.9. The number of rotatable bonds is 7. The van der Waals surface area contributed by atoms with Gasteiger partial charge in [0.05, 0.1) is 25.4 Å². The van der Waals surface area contributed by atoms with Gasteiger partial charge in [-0.1, -0.05) is 0 Å². The van der Waals surface area contributed by atoms with Crippen molar-refractivity contribution in [3.63, 3.8) is 0 Å². The molecule has 10 nitrogen and oxygen atoms in total. The first kappa shape index (κ1) is 23.0. The van der Waals surface area contributed by atoms with Gasteiger partial charge < -0.3 is 34.8 Å². The third-order valence-electron chi connectivity index (χ3n) is 6.85. The molecule has 10 heteroatoms. The number of nitrogens with one attached hydrogen (secondary N) is 3. The van der Waals surface area contributed by atoms with Crippen molar-refractivity contribution in [3.8, 4) is 22.9 Å². The van der Waals surface area contributed by atoms with Gasteiger partial charge in [-0.25, -0.2) is 14.8 Å². The van der Waals surface area contributed by atoms with Gasteiger partial charge in [0.1, 0.15) is 11.2 Å². The molecule has 1 aliphatic carbocycles. The van der Waals surface area contributed by atoms with Crippen LogP contribution in [0.1, 0.15) is 31.2 Å². The Labute approximate surface area is 202 Å². The van der Waals surface area contributed by atoms with Crippen molar-refractivity contribution in [2.75, 3.05) is 14.2 Å². The Kier molecular flexibility index (Phi) is 6.21. The van der Waals surface area contributed by atoms with E-state index in [1.54, 1.807) is 14.2 Å². The number of hydrogen-bond donors (Lipinski definition) is 4. The summed E-state index contributed by atoms with van der Waals surface area (Å²) in [4.78, 5) is 23.6. The number of carbonyl (C=O) groups is 1. The summed E-state index contributed by atoms with van der Waals surface area (Å²) in [7, 11) is 5.17. The number of nitrogens with zero attached hydrogens (tertiary/aromatic N) is 3. The highest BCUT2D eigenvalue weighted by Crippen LogP contribution is 2.36. The second-order valence-electron chi connectivity index (χ2n) is 9.02. The van der Waals surface area contributed by atoms with E-state index in [1.807, 2.05) is 36.1 Å². The summed E-state index contributed by atoms with van der Waals surface area (Å²) in [5.41, 5.74) is 5.65. The first-order chi connectivity index (χ1) is 17.0. The van der Waals surface area contributed by atoms with E-state index in [0.29, 0.717) is 17.7 Å². The molecule has 1 aliphatic rings. The van der Waals surface area contributed by atoms with Crippen LogP contribution in [0, 0.1) is 0 Å². The molecular weight excluding hydrogens is 448 g/mol. The molecule has 0 radical (unpaired) electrons. The molecule has 35 heavy (non-hydrogen) atoms. The second kappa shape index (κ2) is 9.46. The van der Waals surface area contributed by atoms with Crippen molar-refractivity contribution >= 4 is 28.2 Å². The third kappa shape index (κ3) is 4.49. The van der Waals surface area contributed by atoms with Crippen molar-refractivity contribution in [1.82, 2.24) is 30.2 Å². The molecule has 0 aromatic carbocycles. The topological polar surface area (TPSA) is 126 Å². The van der Waals surface area contributed by atoms with Crippen molar-refractivity contribution in [2.24, 2.45) is 7.05 Å². The van der Waals surface area contributed by atoms with Crippen molar-refractivity contribution in [3.05, 3.63) is 36.2 Å². The van der Waals surface area contributed by atoms with Crippen LogP contribution in [0.25, 0.3) is 33.3 Å². The van der Waals surface area contributed by atoms with Crippen LogP contribution in [0.15, 0.2) is 30.6 Å². The molecule has 4 N–H and O–H groups in total. The largest absolute Gasteiger partial charge is 0.491 e. The van der Waals surface area contributed by atoms with E-state index in [0.717, 1.165) is 71.1 Å². The first-order valence-corrected chi connectivity index (χ1v) is 11.7. The van der Waals surface area contributed by atoms with E-state index in [9.17, 15) is 4.79 Å². The minimum atomic E-state index is -0.942. The average molecular weight is 479 g/mol. The van der Waals surface area contributed by atoms with E-state index in [4.69, 9.17) is 19.6 Å². The number of fused-ring (bicyclic) bond motifs is 2. The molecule has 0 unspecified atom stereocenters. The Bertz CT molecular complexity index is 1370. The van der Waals surface area contributed by atoms with Gasteiger partial charge in [-0.05, 0) is 43.4 Å². The minimum Gasteiger partial charge on any atom is -0.491 e. The van der Waals surface area contributed by atoms with E-state index in [1.165, 1.54) is 0 Å². The lowest BCUT2D eigenvalue weighted by Crippen LogP contribution is -2.41. The zero-order valence-electron chi connectivity index (χ0n) is 20.1. The molecular formula is C25H30N6O4. The zero-order valence-corrected chi connectivity index (χ0v) is 20.1. The van der Waals surface area contributed by atoms with E-state index in [2.05, 4.69) is 26.7 Å². The SMILES string of the molecule is COc1cc2c(nc1OC)c(-c1cc3c(CNC4CCC(NC(=O)O)CC4)ccnc3[nH]1)cn2C.